The third-order valence-electron chi connectivity index (χ3n) is 3.83. The van der Waals surface area contributed by atoms with Crippen molar-refractivity contribution in [1.82, 2.24) is 10.9 Å². The van der Waals surface area contributed by atoms with Gasteiger partial charge in [0, 0.05) is 5.02 Å². The van der Waals surface area contributed by atoms with Crippen LogP contribution in [0.4, 0.5) is 0 Å². The van der Waals surface area contributed by atoms with E-state index in [9.17, 15) is 9.59 Å². The Morgan fingerprint density at radius 1 is 1.08 bits per heavy atom. The number of amides is 2. The van der Waals surface area contributed by atoms with Crippen molar-refractivity contribution in [3.63, 3.8) is 0 Å². The van der Waals surface area contributed by atoms with Gasteiger partial charge in [0.1, 0.15) is 5.75 Å². The quantitative estimate of drug-likeness (QED) is 0.805. The molecule has 2 aromatic rings. The first-order valence-electron chi connectivity index (χ1n) is 7.93. The zero-order valence-electron chi connectivity index (χ0n) is 14.4. The lowest BCUT2D eigenvalue weighted by Crippen LogP contribution is -2.47. The second kappa shape index (κ2) is 8.53. The maximum absolute atomic E-state index is 12.1. The third kappa shape index (κ3) is 5.50. The summed E-state index contributed by atoms with van der Waals surface area (Å²) in [4.78, 5) is 24.0. The molecule has 0 fully saturated rings. The molecule has 2 N–H and O–H groups in total. The second-order valence-corrected chi connectivity index (χ2v) is 6.24. The van der Waals surface area contributed by atoms with E-state index in [1.807, 2.05) is 32.0 Å². The molecule has 0 aliphatic carbocycles. The van der Waals surface area contributed by atoms with Crippen molar-refractivity contribution in [3.8, 4) is 5.75 Å². The molecule has 6 heteroatoms. The van der Waals surface area contributed by atoms with E-state index in [-0.39, 0.29) is 12.3 Å². The predicted octanol–water partition coefficient (Wildman–Crippen LogP) is 3.11. The average molecular weight is 361 g/mol. The standard InChI is InChI=1S/C19H21ClN2O3/c1-12-5-4-6-17(13(12)2)25-14(3)19(24)22-21-18(23)11-15-7-9-16(20)10-8-15/h4-10,14H,11H2,1-3H3,(H,21,23)(H,22,24). The first kappa shape index (κ1) is 18.8. The first-order valence-corrected chi connectivity index (χ1v) is 8.30. The zero-order chi connectivity index (χ0) is 18.4. The van der Waals surface area contributed by atoms with Crippen LogP contribution in [0.3, 0.4) is 0 Å². The SMILES string of the molecule is Cc1cccc(OC(C)C(=O)NNC(=O)Cc2ccc(Cl)cc2)c1C. The van der Waals surface area contributed by atoms with E-state index in [1.54, 1.807) is 31.2 Å². The summed E-state index contributed by atoms with van der Waals surface area (Å²) in [5.74, 6) is -0.102. The minimum absolute atomic E-state index is 0.143. The van der Waals surface area contributed by atoms with Gasteiger partial charge in [-0.25, -0.2) is 0 Å². The molecule has 0 bridgehead atoms. The van der Waals surface area contributed by atoms with E-state index in [4.69, 9.17) is 16.3 Å². The van der Waals surface area contributed by atoms with Crippen LogP contribution in [0.2, 0.25) is 5.02 Å². The zero-order valence-corrected chi connectivity index (χ0v) is 15.2. The van der Waals surface area contributed by atoms with E-state index in [1.165, 1.54) is 0 Å². The maximum atomic E-state index is 12.1. The van der Waals surface area contributed by atoms with E-state index in [2.05, 4.69) is 10.9 Å². The fourth-order valence-corrected chi connectivity index (χ4v) is 2.29. The van der Waals surface area contributed by atoms with Gasteiger partial charge in [-0.15, -0.1) is 0 Å². The Labute approximate surface area is 152 Å². The molecule has 0 aromatic heterocycles. The van der Waals surface area contributed by atoms with Crippen LogP contribution < -0.4 is 15.6 Å². The fourth-order valence-electron chi connectivity index (χ4n) is 2.16. The molecule has 0 heterocycles. The van der Waals surface area contributed by atoms with Crippen LogP contribution in [0.1, 0.15) is 23.6 Å². The highest BCUT2D eigenvalue weighted by molar-refractivity contribution is 6.30. The van der Waals surface area contributed by atoms with Gasteiger partial charge in [0.25, 0.3) is 5.91 Å². The lowest BCUT2D eigenvalue weighted by molar-refractivity contribution is -0.132. The van der Waals surface area contributed by atoms with Gasteiger partial charge in [0.2, 0.25) is 5.91 Å². The largest absolute Gasteiger partial charge is 0.481 e. The number of nitrogens with one attached hydrogen (secondary N) is 2. The molecule has 1 unspecified atom stereocenters. The van der Waals surface area contributed by atoms with E-state index in [0.29, 0.717) is 10.8 Å². The molecule has 0 aliphatic heterocycles. The Hall–Kier alpha value is -2.53. The van der Waals surface area contributed by atoms with Crippen LogP contribution in [0.15, 0.2) is 42.5 Å². The van der Waals surface area contributed by atoms with Crippen molar-refractivity contribution >= 4 is 23.4 Å². The molecule has 5 nitrogen and oxygen atoms in total. The van der Waals surface area contributed by atoms with Gasteiger partial charge in [-0.2, -0.15) is 0 Å². The van der Waals surface area contributed by atoms with Gasteiger partial charge in [0.15, 0.2) is 6.10 Å². The number of hydrogen-bond donors (Lipinski definition) is 2. The Bertz CT molecular complexity index is 760. The maximum Gasteiger partial charge on any atom is 0.279 e. The van der Waals surface area contributed by atoms with Crippen LogP contribution in [-0.2, 0) is 16.0 Å². The fraction of sp³-hybridized carbons (Fsp3) is 0.263. The number of hydrogen-bond acceptors (Lipinski definition) is 3. The van der Waals surface area contributed by atoms with E-state index in [0.717, 1.165) is 16.7 Å². The summed E-state index contributed by atoms with van der Waals surface area (Å²) >= 11 is 5.80. The highest BCUT2D eigenvalue weighted by Gasteiger charge is 2.16. The van der Waals surface area contributed by atoms with Crippen molar-refractivity contribution in [3.05, 3.63) is 64.2 Å². The highest BCUT2D eigenvalue weighted by Crippen LogP contribution is 2.21. The smallest absolute Gasteiger partial charge is 0.279 e. The molecular weight excluding hydrogens is 340 g/mol. The molecule has 2 amide bonds. The molecule has 0 radical (unpaired) electrons. The molecule has 0 aliphatic rings. The summed E-state index contributed by atoms with van der Waals surface area (Å²) in [6.07, 6.45) is -0.597. The number of ether oxygens (including phenoxy) is 1. The van der Waals surface area contributed by atoms with Gasteiger partial charge in [-0.1, -0.05) is 35.9 Å². The van der Waals surface area contributed by atoms with Crippen LogP contribution in [0.25, 0.3) is 0 Å². The number of benzene rings is 2. The van der Waals surface area contributed by atoms with Crippen molar-refractivity contribution in [2.45, 2.75) is 33.3 Å². The number of halogens is 1. The molecule has 0 spiro atoms. The minimum atomic E-state index is -0.740. The summed E-state index contributed by atoms with van der Waals surface area (Å²) in [5, 5.41) is 0.606. The second-order valence-electron chi connectivity index (χ2n) is 5.80. The molecule has 0 saturated carbocycles. The molecule has 1 atom stereocenters. The van der Waals surface area contributed by atoms with Crippen molar-refractivity contribution < 1.29 is 14.3 Å². The Morgan fingerprint density at radius 2 is 1.76 bits per heavy atom. The van der Waals surface area contributed by atoms with Gasteiger partial charge >= 0.3 is 0 Å². The molecule has 2 aromatic carbocycles. The summed E-state index contributed by atoms with van der Waals surface area (Å²) in [6, 6.07) is 12.6. The summed E-state index contributed by atoms with van der Waals surface area (Å²) < 4.78 is 5.67. The van der Waals surface area contributed by atoms with Crippen LogP contribution in [0, 0.1) is 13.8 Å². The average Bonchev–Trinajstić information content (AvgIpc) is 2.58. The number of carbonyl (C=O) groups is 2. The normalized spacial score (nSPS) is 11.5. The Kier molecular flexibility index (Phi) is 6.42. The van der Waals surface area contributed by atoms with Crippen molar-refractivity contribution in [2.24, 2.45) is 0 Å². The van der Waals surface area contributed by atoms with Gasteiger partial charge in [-0.3, -0.25) is 20.4 Å². The van der Waals surface area contributed by atoms with Crippen molar-refractivity contribution in [2.75, 3.05) is 0 Å². The molecule has 0 saturated heterocycles. The van der Waals surface area contributed by atoms with Crippen LogP contribution in [-0.4, -0.2) is 17.9 Å². The van der Waals surface area contributed by atoms with Gasteiger partial charge < -0.3 is 4.74 Å². The molecular formula is C19H21ClN2O3. The number of hydrazine groups is 1. The lowest BCUT2D eigenvalue weighted by Gasteiger charge is -2.17. The van der Waals surface area contributed by atoms with Gasteiger partial charge in [-0.05, 0) is 55.7 Å². The number of carbonyl (C=O) groups excluding carboxylic acids is 2. The molecule has 2 rings (SSSR count). The van der Waals surface area contributed by atoms with Crippen LogP contribution in [0.5, 0.6) is 5.75 Å². The first-order chi connectivity index (χ1) is 11.9. The highest BCUT2D eigenvalue weighted by atomic mass is 35.5. The van der Waals surface area contributed by atoms with Crippen LogP contribution >= 0.6 is 11.6 Å². The van der Waals surface area contributed by atoms with Crippen molar-refractivity contribution in [1.29, 1.82) is 0 Å². The van der Waals surface area contributed by atoms with Gasteiger partial charge in [0.05, 0.1) is 6.42 Å². The Morgan fingerprint density at radius 3 is 2.44 bits per heavy atom. The topological polar surface area (TPSA) is 67.4 Å². The monoisotopic (exact) mass is 360 g/mol. The molecule has 132 valence electrons. The lowest BCUT2D eigenvalue weighted by atomic mass is 10.1. The minimum Gasteiger partial charge on any atom is -0.481 e. The summed E-state index contributed by atoms with van der Waals surface area (Å²) in [5.41, 5.74) is 7.63. The molecule has 25 heavy (non-hydrogen) atoms. The van der Waals surface area contributed by atoms with E-state index < -0.39 is 12.0 Å². The Balaban J connectivity index is 1.83. The summed E-state index contributed by atoms with van der Waals surface area (Å²) in [7, 11) is 0. The third-order valence-corrected chi connectivity index (χ3v) is 4.08. The number of rotatable bonds is 5. The summed E-state index contributed by atoms with van der Waals surface area (Å²) in [6.45, 7) is 5.54. The van der Waals surface area contributed by atoms with E-state index >= 15 is 0 Å². The predicted molar refractivity (Wildman–Crippen MR) is 97.4 cm³/mol. The number of aryl methyl sites for hydroxylation is 1.